The van der Waals surface area contributed by atoms with E-state index in [2.05, 4.69) is 18.4 Å². The number of carbonyl (C=O) groups is 2. The summed E-state index contributed by atoms with van der Waals surface area (Å²) in [5.74, 6) is -1.11. The normalized spacial score (nSPS) is 14.2. The van der Waals surface area contributed by atoms with E-state index < -0.39 is 44.7 Å². The zero-order chi connectivity index (χ0) is 38.5. The lowest BCUT2D eigenvalue weighted by atomic mass is 10.0. The molecule has 0 aliphatic carbocycles. The van der Waals surface area contributed by atoms with Crippen LogP contribution in [0.5, 0.6) is 0 Å². The first kappa shape index (κ1) is 49.9. The van der Waals surface area contributed by atoms with E-state index in [9.17, 15) is 24.4 Å². The zero-order valence-corrected chi connectivity index (χ0v) is 33.3. The molecule has 52 heavy (non-hydrogen) atoms. The molecule has 302 valence electrons. The van der Waals surface area contributed by atoms with Gasteiger partial charge in [0.2, 0.25) is 0 Å². The van der Waals surface area contributed by atoms with E-state index in [4.69, 9.17) is 19.3 Å². The van der Waals surface area contributed by atoms with Gasteiger partial charge in [0.25, 0.3) is 0 Å². The Morgan fingerprint density at radius 1 is 0.577 bits per heavy atom. The summed E-state index contributed by atoms with van der Waals surface area (Å²) in [7, 11) is -4.82. The topological polar surface area (TPSA) is 160 Å². The second-order valence-electron chi connectivity index (χ2n) is 13.7. The molecule has 0 aromatic rings. The Kier molecular flexibility index (Phi) is 34.5. The van der Waals surface area contributed by atoms with Crippen LogP contribution in [0.1, 0.15) is 168 Å². The molecule has 0 rings (SSSR count). The maximum Gasteiger partial charge on any atom is 0.469 e. The average molecular weight is 757 g/mol. The number of aliphatic hydroxyl groups is 2. The molecule has 0 spiro atoms. The molecule has 0 heterocycles. The minimum Gasteiger partial charge on any atom is -0.462 e. The van der Waals surface area contributed by atoms with Crippen molar-refractivity contribution >= 4 is 19.8 Å². The van der Waals surface area contributed by atoms with Gasteiger partial charge in [-0.15, -0.1) is 0 Å². The number of esters is 2. The van der Waals surface area contributed by atoms with Crippen molar-refractivity contribution in [2.75, 3.05) is 13.2 Å². The van der Waals surface area contributed by atoms with Crippen LogP contribution in [0.2, 0.25) is 0 Å². The Morgan fingerprint density at radius 3 is 1.52 bits per heavy atom. The minimum atomic E-state index is -4.82. The quantitative estimate of drug-likeness (QED) is 0.0210. The third-order valence-corrected chi connectivity index (χ3v) is 9.04. The number of unbranched alkanes of at least 4 members (excludes halogenated alkanes) is 16. The lowest BCUT2D eigenvalue weighted by molar-refractivity contribution is -0.161. The van der Waals surface area contributed by atoms with Crippen LogP contribution in [0.3, 0.4) is 0 Å². The largest absolute Gasteiger partial charge is 0.469 e. The molecule has 0 aliphatic heterocycles. The molecule has 0 bridgehead atoms. The maximum absolute atomic E-state index is 12.4. The van der Waals surface area contributed by atoms with Gasteiger partial charge in [-0.25, -0.2) is 4.57 Å². The summed E-state index contributed by atoms with van der Waals surface area (Å²) in [5.41, 5.74) is 0. The fourth-order valence-corrected chi connectivity index (χ4v) is 5.83. The molecule has 11 heteroatoms. The lowest BCUT2D eigenvalue weighted by Gasteiger charge is -2.18. The van der Waals surface area contributed by atoms with Crippen molar-refractivity contribution in [3.8, 4) is 0 Å². The molecule has 0 radical (unpaired) electrons. The number of hydrogen-bond acceptors (Lipinski definition) is 8. The van der Waals surface area contributed by atoms with E-state index in [-0.39, 0.29) is 19.4 Å². The molecule has 3 atom stereocenters. The molecule has 0 fully saturated rings. The van der Waals surface area contributed by atoms with Gasteiger partial charge in [-0.1, -0.05) is 172 Å². The number of rotatable bonds is 36. The van der Waals surface area contributed by atoms with E-state index in [0.29, 0.717) is 25.7 Å². The first-order chi connectivity index (χ1) is 25.1. The first-order valence-electron chi connectivity index (χ1n) is 20.1. The van der Waals surface area contributed by atoms with E-state index in [1.807, 2.05) is 30.4 Å². The highest BCUT2D eigenvalue weighted by atomic mass is 31.2. The van der Waals surface area contributed by atoms with Crippen molar-refractivity contribution in [1.82, 2.24) is 0 Å². The van der Waals surface area contributed by atoms with Crippen molar-refractivity contribution in [1.29, 1.82) is 0 Å². The van der Waals surface area contributed by atoms with Crippen LogP contribution in [0, 0.1) is 0 Å². The van der Waals surface area contributed by atoms with Gasteiger partial charge in [-0.2, -0.15) is 0 Å². The highest BCUT2D eigenvalue weighted by Gasteiger charge is 2.23. The molecule has 0 saturated heterocycles. The Hall–Kier alpha value is -2.07. The first-order valence-corrected chi connectivity index (χ1v) is 21.7. The molecule has 0 amide bonds. The zero-order valence-electron chi connectivity index (χ0n) is 32.4. The minimum absolute atomic E-state index is 0.0359. The third-order valence-electron chi connectivity index (χ3n) is 8.56. The third kappa shape index (κ3) is 37.7. The van der Waals surface area contributed by atoms with Gasteiger partial charge in [0.1, 0.15) is 6.61 Å². The Balaban J connectivity index is 4.19. The summed E-state index contributed by atoms with van der Waals surface area (Å²) in [6, 6.07) is 0. The molecule has 0 aliphatic rings. The van der Waals surface area contributed by atoms with Crippen molar-refractivity contribution in [2.45, 2.75) is 186 Å². The van der Waals surface area contributed by atoms with Crippen LogP contribution in [-0.2, 0) is 28.2 Å². The van der Waals surface area contributed by atoms with Gasteiger partial charge in [0.05, 0.1) is 18.8 Å². The van der Waals surface area contributed by atoms with Crippen LogP contribution >= 0.6 is 7.82 Å². The monoisotopic (exact) mass is 756 g/mol. The molecule has 0 unspecified atom stereocenters. The predicted molar refractivity (Wildman–Crippen MR) is 210 cm³/mol. The van der Waals surface area contributed by atoms with E-state index in [0.717, 1.165) is 44.9 Å². The average Bonchev–Trinajstić information content (AvgIpc) is 3.10. The second-order valence-corrected chi connectivity index (χ2v) is 14.9. The second kappa shape index (κ2) is 35.9. The van der Waals surface area contributed by atoms with E-state index in [1.165, 1.54) is 70.6 Å². The molecule has 0 saturated carbocycles. The van der Waals surface area contributed by atoms with Crippen LogP contribution in [-0.4, -0.2) is 63.5 Å². The van der Waals surface area contributed by atoms with E-state index >= 15 is 0 Å². The molecular formula is C41H73O10P. The summed E-state index contributed by atoms with van der Waals surface area (Å²) in [5, 5.41) is 20.0. The molecular weight excluding hydrogens is 683 g/mol. The van der Waals surface area contributed by atoms with Crippen molar-refractivity contribution in [2.24, 2.45) is 0 Å². The number of carbonyl (C=O) groups excluding carboxylic acids is 2. The number of allylic oxidation sites excluding steroid dienone is 6. The summed E-state index contributed by atoms with van der Waals surface area (Å²) in [4.78, 5) is 42.8. The Morgan fingerprint density at radius 2 is 1.02 bits per heavy atom. The summed E-state index contributed by atoms with van der Waals surface area (Å²) in [6.45, 7) is 3.39. The number of aliphatic hydroxyl groups excluding tert-OH is 2. The smallest absolute Gasteiger partial charge is 0.462 e. The van der Waals surface area contributed by atoms with Gasteiger partial charge < -0.3 is 29.5 Å². The van der Waals surface area contributed by atoms with Crippen LogP contribution in [0.4, 0.5) is 0 Å². The van der Waals surface area contributed by atoms with Gasteiger partial charge in [-0.05, 0) is 32.1 Å². The SMILES string of the molecule is CCCCCCCCCCCCCCCCCC(=O)OC[C@H](COP(=O)(O)O)OC(=O)CCC[C@H](O)/C=C/C=C\C/C=C\C=C\[C@H](O)CCCCC. The lowest BCUT2D eigenvalue weighted by Crippen LogP contribution is -2.29. The highest BCUT2D eigenvalue weighted by molar-refractivity contribution is 7.46. The highest BCUT2D eigenvalue weighted by Crippen LogP contribution is 2.36. The van der Waals surface area contributed by atoms with Crippen molar-refractivity contribution in [3.05, 3.63) is 48.6 Å². The fraction of sp³-hybridized carbons (Fsp3) is 0.756. The molecule has 4 N–H and O–H groups in total. The number of hydrogen-bond donors (Lipinski definition) is 4. The van der Waals surface area contributed by atoms with Crippen LogP contribution in [0.25, 0.3) is 0 Å². The summed E-state index contributed by atoms with van der Waals surface area (Å²) >= 11 is 0. The number of ether oxygens (including phenoxy) is 2. The number of phosphoric ester groups is 1. The molecule has 0 aromatic carbocycles. The van der Waals surface area contributed by atoms with Gasteiger partial charge >= 0.3 is 19.8 Å². The fourth-order valence-electron chi connectivity index (χ4n) is 5.47. The molecule has 10 nitrogen and oxygen atoms in total. The van der Waals surface area contributed by atoms with Crippen LogP contribution < -0.4 is 0 Å². The molecule has 0 aromatic heterocycles. The van der Waals surface area contributed by atoms with Gasteiger partial charge in [-0.3, -0.25) is 14.1 Å². The van der Waals surface area contributed by atoms with Gasteiger partial charge in [0.15, 0.2) is 6.10 Å². The summed E-state index contributed by atoms with van der Waals surface area (Å²) in [6.07, 6.45) is 36.1. The van der Waals surface area contributed by atoms with Crippen LogP contribution in [0.15, 0.2) is 48.6 Å². The van der Waals surface area contributed by atoms with E-state index in [1.54, 1.807) is 18.2 Å². The predicted octanol–water partition coefficient (Wildman–Crippen LogP) is 9.90. The Bertz CT molecular complexity index is 1020. The van der Waals surface area contributed by atoms with Crippen molar-refractivity contribution < 1.29 is 48.2 Å². The Labute approximate surface area is 315 Å². The maximum atomic E-state index is 12.4. The van der Waals surface area contributed by atoms with Crippen molar-refractivity contribution in [3.63, 3.8) is 0 Å². The standard InChI is InChI=1S/C41H73O10P/c1-3-5-7-8-9-10-11-12-13-14-15-16-20-23-27-33-40(44)49-35-39(36-50-52(46,47)48)51-41(45)34-28-32-38(43)31-26-22-19-17-18-21-25-30-37(42)29-24-6-4-2/h18-19,21-22,25-26,30-31,37-39,42-43H,3-17,20,23-24,27-29,32-36H2,1-2H3,(H2,46,47,48)/b21-18-,22-19-,30-25+,31-26+/t37-,38-,39-/m1/s1. The summed E-state index contributed by atoms with van der Waals surface area (Å²) < 4.78 is 26.2. The number of phosphoric acid groups is 1. The van der Waals surface area contributed by atoms with Gasteiger partial charge in [0, 0.05) is 12.8 Å².